The van der Waals surface area contributed by atoms with Gasteiger partial charge in [0.25, 0.3) is 5.91 Å². The number of amides is 1. The molecule has 4 heteroatoms. The van der Waals surface area contributed by atoms with Crippen molar-refractivity contribution < 1.29 is 9.18 Å². The number of likely N-dealkylation sites (tertiary alicyclic amines) is 1. The van der Waals surface area contributed by atoms with Crippen molar-refractivity contribution in [2.45, 2.75) is 25.2 Å². The maximum absolute atomic E-state index is 13.1. The van der Waals surface area contributed by atoms with Gasteiger partial charge in [-0.25, -0.2) is 4.39 Å². The van der Waals surface area contributed by atoms with Crippen LogP contribution in [0.4, 0.5) is 4.39 Å². The number of halogens is 1. The van der Waals surface area contributed by atoms with Crippen molar-refractivity contribution in [2.24, 2.45) is 0 Å². The predicted octanol–water partition coefficient (Wildman–Crippen LogP) is 4.30. The van der Waals surface area contributed by atoms with Crippen LogP contribution in [-0.4, -0.2) is 23.9 Å². The highest BCUT2D eigenvalue weighted by molar-refractivity contribution is 7.12. The van der Waals surface area contributed by atoms with Crippen molar-refractivity contribution in [2.75, 3.05) is 13.1 Å². The molecule has 0 unspecified atom stereocenters. The van der Waals surface area contributed by atoms with Crippen LogP contribution in [0.15, 0.2) is 41.8 Å². The van der Waals surface area contributed by atoms with Crippen LogP contribution in [0, 0.1) is 5.82 Å². The number of thiophene rings is 1. The second-order valence-corrected chi connectivity index (χ2v) is 6.42. The van der Waals surface area contributed by atoms with Crippen molar-refractivity contribution in [3.8, 4) is 0 Å². The van der Waals surface area contributed by atoms with E-state index in [0.29, 0.717) is 5.92 Å². The highest BCUT2D eigenvalue weighted by Gasteiger charge is 2.24. The third-order valence-electron chi connectivity index (χ3n) is 4.03. The molecule has 2 heterocycles. The summed E-state index contributed by atoms with van der Waals surface area (Å²) in [5.74, 6) is 0.218. The second-order valence-electron chi connectivity index (χ2n) is 5.47. The van der Waals surface area contributed by atoms with Gasteiger partial charge in [-0.15, -0.1) is 11.3 Å². The van der Waals surface area contributed by atoms with E-state index in [1.807, 2.05) is 34.5 Å². The SMILES string of the molecule is O=C(c1cccs1)N1CCCC[C@@H](c2ccc(F)cc2)C1. The van der Waals surface area contributed by atoms with Gasteiger partial charge in [-0.3, -0.25) is 4.79 Å². The van der Waals surface area contributed by atoms with E-state index >= 15 is 0 Å². The number of hydrogen-bond donors (Lipinski definition) is 0. The van der Waals surface area contributed by atoms with Crippen molar-refractivity contribution in [1.82, 2.24) is 4.90 Å². The van der Waals surface area contributed by atoms with Crippen LogP contribution < -0.4 is 0 Å². The predicted molar refractivity (Wildman–Crippen MR) is 83.2 cm³/mol. The Morgan fingerprint density at radius 1 is 1.19 bits per heavy atom. The van der Waals surface area contributed by atoms with Crippen LogP contribution in [0.2, 0.25) is 0 Å². The summed E-state index contributed by atoms with van der Waals surface area (Å²) in [5, 5.41) is 1.93. The van der Waals surface area contributed by atoms with E-state index < -0.39 is 0 Å². The first-order chi connectivity index (χ1) is 10.2. The molecule has 1 amide bonds. The lowest BCUT2D eigenvalue weighted by Gasteiger charge is -2.24. The third-order valence-corrected chi connectivity index (χ3v) is 4.89. The van der Waals surface area contributed by atoms with Crippen molar-refractivity contribution in [3.63, 3.8) is 0 Å². The molecular weight excluding hydrogens is 285 g/mol. The van der Waals surface area contributed by atoms with Crippen LogP contribution >= 0.6 is 11.3 Å². The molecule has 2 aromatic rings. The van der Waals surface area contributed by atoms with Gasteiger partial charge in [0.1, 0.15) is 5.82 Å². The standard InChI is InChI=1S/C17H18FNOS/c18-15-8-6-13(7-9-15)14-4-1-2-10-19(12-14)17(20)16-5-3-11-21-16/h3,5-9,11,14H,1-2,4,10,12H2/t14-/m1/s1. The molecule has 0 saturated carbocycles. The van der Waals surface area contributed by atoms with Gasteiger partial charge in [-0.1, -0.05) is 24.6 Å². The lowest BCUT2D eigenvalue weighted by Crippen LogP contribution is -2.33. The summed E-state index contributed by atoms with van der Waals surface area (Å²) in [4.78, 5) is 15.3. The van der Waals surface area contributed by atoms with Gasteiger partial charge in [-0.05, 0) is 42.0 Å². The molecule has 0 aliphatic carbocycles. The molecule has 110 valence electrons. The van der Waals surface area contributed by atoms with E-state index in [4.69, 9.17) is 0 Å². The van der Waals surface area contributed by atoms with Crippen LogP contribution in [-0.2, 0) is 0 Å². The van der Waals surface area contributed by atoms with Gasteiger partial charge in [0.2, 0.25) is 0 Å². The zero-order chi connectivity index (χ0) is 14.7. The number of carbonyl (C=O) groups is 1. The van der Waals surface area contributed by atoms with Crippen LogP contribution in [0.25, 0.3) is 0 Å². The van der Waals surface area contributed by atoms with Crippen molar-refractivity contribution in [3.05, 3.63) is 58.0 Å². The lowest BCUT2D eigenvalue weighted by molar-refractivity contribution is 0.0759. The molecule has 0 N–H and O–H groups in total. The number of benzene rings is 1. The van der Waals surface area contributed by atoms with E-state index in [1.165, 1.54) is 23.5 Å². The van der Waals surface area contributed by atoms with E-state index in [1.54, 1.807) is 0 Å². The molecule has 3 rings (SSSR count). The summed E-state index contributed by atoms with van der Waals surface area (Å²) in [6, 6.07) is 10.5. The fraction of sp³-hybridized carbons (Fsp3) is 0.353. The highest BCUT2D eigenvalue weighted by atomic mass is 32.1. The Morgan fingerprint density at radius 2 is 2.00 bits per heavy atom. The summed E-state index contributed by atoms with van der Waals surface area (Å²) >= 11 is 1.49. The smallest absolute Gasteiger partial charge is 0.263 e. The molecule has 0 radical (unpaired) electrons. The minimum absolute atomic E-state index is 0.124. The maximum Gasteiger partial charge on any atom is 0.263 e. The van der Waals surface area contributed by atoms with E-state index in [2.05, 4.69) is 0 Å². The summed E-state index contributed by atoms with van der Waals surface area (Å²) in [7, 11) is 0. The molecule has 1 atom stereocenters. The van der Waals surface area contributed by atoms with E-state index in [0.717, 1.165) is 42.8 Å². The topological polar surface area (TPSA) is 20.3 Å². The normalized spacial score (nSPS) is 19.3. The van der Waals surface area contributed by atoms with Crippen molar-refractivity contribution in [1.29, 1.82) is 0 Å². The molecule has 1 aromatic heterocycles. The molecule has 1 saturated heterocycles. The Labute approximate surface area is 128 Å². The number of hydrogen-bond acceptors (Lipinski definition) is 2. The monoisotopic (exact) mass is 303 g/mol. The van der Waals surface area contributed by atoms with E-state index in [9.17, 15) is 9.18 Å². The molecule has 0 bridgehead atoms. The molecule has 21 heavy (non-hydrogen) atoms. The van der Waals surface area contributed by atoms with Gasteiger partial charge in [0.05, 0.1) is 4.88 Å². The first-order valence-electron chi connectivity index (χ1n) is 7.32. The lowest BCUT2D eigenvalue weighted by atomic mass is 9.94. The Bertz CT molecular complexity index is 594. The first kappa shape index (κ1) is 14.3. The molecule has 0 spiro atoms. The fourth-order valence-electron chi connectivity index (χ4n) is 2.89. The Balaban J connectivity index is 1.77. The van der Waals surface area contributed by atoms with E-state index in [-0.39, 0.29) is 11.7 Å². The Kier molecular flexibility index (Phi) is 4.34. The Morgan fingerprint density at radius 3 is 2.71 bits per heavy atom. The third kappa shape index (κ3) is 3.32. The molecular formula is C17H18FNOS. The molecule has 1 fully saturated rings. The zero-order valence-electron chi connectivity index (χ0n) is 11.8. The van der Waals surface area contributed by atoms with Gasteiger partial charge < -0.3 is 4.90 Å². The van der Waals surface area contributed by atoms with Gasteiger partial charge in [0.15, 0.2) is 0 Å². The molecule has 2 nitrogen and oxygen atoms in total. The molecule has 1 aliphatic heterocycles. The average molecular weight is 303 g/mol. The summed E-state index contributed by atoms with van der Waals surface area (Å²) in [5.41, 5.74) is 1.13. The van der Waals surface area contributed by atoms with Crippen LogP contribution in [0.3, 0.4) is 0 Å². The fourth-order valence-corrected chi connectivity index (χ4v) is 3.58. The largest absolute Gasteiger partial charge is 0.337 e. The average Bonchev–Trinajstić information content (AvgIpc) is 2.92. The summed E-state index contributed by atoms with van der Waals surface area (Å²) < 4.78 is 13.1. The number of nitrogens with zero attached hydrogens (tertiary/aromatic N) is 1. The second kappa shape index (κ2) is 6.39. The van der Waals surface area contributed by atoms with Crippen LogP contribution in [0.1, 0.15) is 40.4 Å². The van der Waals surface area contributed by atoms with Gasteiger partial charge in [-0.2, -0.15) is 0 Å². The number of carbonyl (C=O) groups excluding carboxylic acids is 1. The summed E-state index contributed by atoms with van der Waals surface area (Å²) in [6.07, 6.45) is 3.20. The zero-order valence-corrected chi connectivity index (χ0v) is 12.6. The Hall–Kier alpha value is -1.68. The van der Waals surface area contributed by atoms with Crippen LogP contribution in [0.5, 0.6) is 0 Å². The highest BCUT2D eigenvalue weighted by Crippen LogP contribution is 2.28. The van der Waals surface area contributed by atoms with Gasteiger partial charge >= 0.3 is 0 Å². The molecule has 1 aromatic carbocycles. The van der Waals surface area contributed by atoms with Crippen molar-refractivity contribution >= 4 is 17.2 Å². The summed E-state index contributed by atoms with van der Waals surface area (Å²) in [6.45, 7) is 1.54. The minimum Gasteiger partial charge on any atom is -0.337 e. The quantitative estimate of drug-likeness (QED) is 0.810. The first-order valence-corrected chi connectivity index (χ1v) is 8.20. The number of rotatable bonds is 2. The minimum atomic E-state index is -0.209. The van der Waals surface area contributed by atoms with Gasteiger partial charge in [0, 0.05) is 19.0 Å². The molecule has 1 aliphatic rings. The maximum atomic E-state index is 13.1.